The van der Waals surface area contributed by atoms with Gasteiger partial charge in [-0.1, -0.05) is 55.6 Å². The highest BCUT2D eigenvalue weighted by molar-refractivity contribution is 7.99. The molecule has 3 nitrogen and oxygen atoms in total. The first-order valence-corrected chi connectivity index (χ1v) is 11.5. The molecule has 0 bridgehead atoms. The molecule has 2 aromatic carbocycles. The van der Waals surface area contributed by atoms with E-state index in [1.807, 2.05) is 43.5 Å². The summed E-state index contributed by atoms with van der Waals surface area (Å²) in [7, 11) is 0. The van der Waals surface area contributed by atoms with Crippen LogP contribution in [0.15, 0.2) is 121 Å². The summed E-state index contributed by atoms with van der Waals surface area (Å²) in [6, 6.07) is 16.3. The first-order chi connectivity index (χ1) is 16.0. The van der Waals surface area contributed by atoms with Crippen LogP contribution in [0.25, 0.3) is 22.6 Å². The molecule has 2 heterocycles. The smallest absolute Gasteiger partial charge is 0.137 e. The molecule has 3 aromatic rings. The van der Waals surface area contributed by atoms with Gasteiger partial charge in [-0.3, -0.25) is 0 Å². The van der Waals surface area contributed by atoms with Crippen LogP contribution in [-0.4, -0.2) is 22.3 Å². The number of H-pyrrole nitrogens is 1. The van der Waals surface area contributed by atoms with E-state index in [9.17, 15) is 4.39 Å². The molecular weight excluding hydrogens is 429 g/mol. The number of fused-ring (bicyclic) bond motifs is 1. The van der Waals surface area contributed by atoms with E-state index < -0.39 is 0 Å². The topological polar surface area (TPSA) is 31.9 Å². The highest BCUT2D eigenvalue weighted by Gasteiger charge is 2.24. The van der Waals surface area contributed by atoms with Crippen molar-refractivity contribution in [1.82, 2.24) is 9.97 Å². The van der Waals surface area contributed by atoms with Crippen LogP contribution in [0.4, 0.5) is 10.1 Å². The number of rotatable bonds is 6. The number of aromatic nitrogens is 2. The summed E-state index contributed by atoms with van der Waals surface area (Å²) in [6.45, 7) is 19.9. The lowest BCUT2D eigenvalue weighted by molar-refractivity contribution is 0.651. The third kappa shape index (κ3) is 5.26. The quantitative estimate of drug-likeness (QED) is 0.298. The van der Waals surface area contributed by atoms with E-state index in [1.54, 1.807) is 11.8 Å². The van der Waals surface area contributed by atoms with E-state index in [1.165, 1.54) is 6.08 Å². The highest BCUT2D eigenvalue weighted by Crippen LogP contribution is 2.41. The molecule has 1 aromatic heterocycles. The van der Waals surface area contributed by atoms with Gasteiger partial charge in [-0.2, -0.15) is 0 Å². The molecule has 0 saturated carbocycles. The summed E-state index contributed by atoms with van der Waals surface area (Å²) >= 11 is 1.73. The molecule has 0 spiro atoms. The predicted molar refractivity (Wildman–Crippen MR) is 143 cm³/mol. The first-order valence-electron chi connectivity index (χ1n) is 10.5. The Morgan fingerprint density at radius 2 is 1.94 bits per heavy atom. The van der Waals surface area contributed by atoms with Crippen LogP contribution in [0.2, 0.25) is 0 Å². The van der Waals surface area contributed by atoms with E-state index in [-0.39, 0.29) is 7.25 Å². The molecule has 0 unspecified atom stereocenters. The number of hydrogen-bond acceptors (Lipinski definition) is 3. The van der Waals surface area contributed by atoms with Crippen molar-refractivity contribution in [2.45, 2.75) is 11.8 Å². The van der Waals surface area contributed by atoms with Gasteiger partial charge in [0.1, 0.15) is 11.7 Å². The zero-order valence-electron chi connectivity index (χ0n) is 18.9. The third-order valence-electron chi connectivity index (χ3n) is 5.26. The molecule has 0 fully saturated rings. The summed E-state index contributed by atoms with van der Waals surface area (Å²) in [5, 5.41) is 0. The van der Waals surface area contributed by atoms with Crippen LogP contribution in [0, 0.1) is 0 Å². The second-order valence-electron chi connectivity index (χ2n) is 7.45. The van der Waals surface area contributed by atoms with Crippen molar-refractivity contribution in [3.63, 3.8) is 0 Å². The molecule has 1 aliphatic heterocycles. The van der Waals surface area contributed by atoms with Crippen LogP contribution >= 0.6 is 11.8 Å². The monoisotopic (exact) mass is 459 g/mol. The lowest BCUT2D eigenvalue weighted by Gasteiger charge is -2.34. The number of benzene rings is 2. The van der Waals surface area contributed by atoms with E-state index in [0.29, 0.717) is 17.7 Å². The lowest BCUT2D eigenvalue weighted by Crippen LogP contribution is -2.29. The zero-order chi connectivity index (χ0) is 24.0. The van der Waals surface area contributed by atoms with Crippen LogP contribution in [0.1, 0.15) is 8.35 Å². The Labute approximate surface area is 201 Å². The normalized spacial score (nSPS) is 13.4. The number of hydrogen-bond donors (Lipinski definition) is 1. The Morgan fingerprint density at radius 3 is 2.61 bits per heavy atom. The van der Waals surface area contributed by atoms with E-state index in [4.69, 9.17) is 0 Å². The van der Waals surface area contributed by atoms with Gasteiger partial charge in [0.25, 0.3) is 0 Å². The van der Waals surface area contributed by atoms with Crippen LogP contribution in [-0.2, 0) is 0 Å². The Morgan fingerprint density at radius 1 is 1.21 bits per heavy atom. The molecule has 0 atom stereocenters. The van der Waals surface area contributed by atoms with Gasteiger partial charge in [0.2, 0.25) is 0 Å². The minimum Gasteiger partial charge on any atom is -0.339 e. The second kappa shape index (κ2) is 10.8. The fraction of sp³-hybridized carbons (Fsp3) is 0.107. The van der Waals surface area contributed by atoms with Gasteiger partial charge in [-0.25, -0.2) is 9.37 Å². The van der Waals surface area contributed by atoms with Gasteiger partial charge >= 0.3 is 0 Å². The zero-order valence-corrected chi connectivity index (χ0v) is 19.7. The van der Waals surface area contributed by atoms with Crippen LogP contribution in [0.5, 0.6) is 0 Å². The van der Waals surface area contributed by atoms with Gasteiger partial charge < -0.3 is 9.88 Å². The maximum Gasteiger partial charge on any atom is 0.137 e. The molecule has 0 radical (unpaired) electrons. The van der Waals surface area contributed by atoms with Crippen molar-refractivity contribution >= 4 is 17.4 Å². The highest BCUT2D eigenvalue weighted by atomic mass is 32.2. The molecule has 0 amide bonds. The standard InChI is InChI=1S/C26H24FN3S.C2H4.H2/c1-5-22(27)21(17(2)3)15-30-18(4)16-31-25-12-11-20(13-24(25)30)26-28-14-23(29-26)19-9-7-6-8-10-19;1-2;/h5-14H,1-2,4,15-16H2,3H3,(H,28,29);1-2H2;1H/b22-21+;;. The molecule has 0 saturated heterocycles. The Kier molecular flexibility index (Phi) is 7.91. The van der Waals surface area contributed by atoms with E-state index in [2.05, 4.69) is 66.0 Å². The summed E-state index contributed by atoms with van der Waals surface area (Å²) < 4.78 is 14.4. The van der Waals surface area contributed by atoms with Gasteiger partial charge in [-0.05, 0) is 36.8 Å². The van der Waals surface area contributed by atoms with E-state index >= 15 is 0 Å². The van der Waals surface area contributed by atoms with Crippen molar-refractivity contribution in [3.05, 3.63) is 116 Å². The molecule has 5 heteroatoms. The molecule has 4 rings (SSSR count). The van der Waals surface area contributed by atoms with Gasteiger partial charge in [-0.15, -0.1) is 24.9 Å². The lowest BCUT2D eigenvalue weighted by atomic mass is 10.1. The van der Waals surface area contributed by atoms with Gasteiger partial charge in [0.05, 0.1) is 24.1 Å². The van der Waals surface area contributed by atoms with Crippen molar-refractivity contribution < 1.29 is 5.82 Å². The second-order valence-corrected chi connectivity index (χ2v) is 8.46. The number of allylic oxidation sites excluding steroid dienone is 2. The number of nitrogens with zero attached hydrogens (tertiary/aromatic N) is 2. The Bertz CT molecular complexity index is 1210. The van der Waals surface area contributed by atoms with Crippen molar-refractivity contribution in [2.24, 2.45) is 0 Å². The maximum absolute atomic E-state index is 14.4. The predicted octanol–water partition coefficient (Wildman–Crippen LogP) is 8.20. The average molecular weight is 460 g/mol. The molecule has 1 N–H and O–H groups in total. The number of imidazole rings is 1. The fourth-order valence-corrected chi connectivity index (χ4v) is 4.49. The van der Waals surface area contributed by atoms with Crippen molar-refractivity contribution in [2.75, 3.05) is 17.2 Å². The molecule has 0 aliphatic carbocycles. The Balaban J connectivity index is 0.00000133. The number of aromatic amines is 1. The third-order valence-corrected chi connectivity index (χ3v) is 6.39. The number of anilines is 1. The number of thioether (sulfide) groups is 1. The molecule has 33 heavy (non-hydrogen) atoms. The minimum atomic E-state index is -0.352. The minimum absolute atomic E-state index is 0. The summed E-state index contributed by atoms with van der Waals surface area (Å²) in [5.41, 5.74) is 6.14. The summed E-state index contributed by atoms with van der Waals surface area (Å²) in [4.78, 5) is 11.2. The number of halogens is 1. The number of nitrogens with one attached hydrogen (secondary N) is 1. The fourth-order valence-electron chi connectivity index (χ4n) is 3.53. The average Bonchev–Trinajstić information content (AvgIpc) is 3.35. The van der Waals surface area contributed by atoms with Crippen molar-refractivity contribution in [1.29, 1.82) is 0 Å². The van der Waals surface area contributed by atoms with Crippen molar-refractivity contribution in [3.8, 4) is 22.6 Å². The summed E-state index contributed by atoms with van der Waals surface area (Å²) in [6.07, 6.45) is 3.08. The molecule has 170 valence electrons. The maximum atomic E-state index is 14.4. The largest absolute Gasteiger partial charge is 0.339 e. The SMILES string of the molecule is C=C.C=C/C(F)=C(/CN1C(=C)CSc2ccc(-c3ncc(-c4ccccc4)[nH]3)cc21)C(=C)C.[HH]. The Hall–Kier alpha value is -3.57. The summed E-state index contributed by atoms with van der Waals surface area (Å²) in [5.74, 6) is 1.19. The van der Waals surface area contributed by atoms with E-state index in [0.717, 1.165) is 44.7 Å². The van der Waals surface area contributed by atoms with Gasteiger partial charge in [0, 0.05) is 28.9 Å². The van der Waals surface area contributed by atoms with Gasteiger partial charge in [0.15, 0.2) is 0 Å². The molecule has 1 aliphatic rings. The molecular formula is C28H30FN3S. The van der Waals surface area contributed by atoms with Crippen LogP contribution < -0.4 is 4.90 Å². The van der Waals surface area contributed by atoms with Crippen LogP contribution in [0.3, 0.4) is 0 Å². The first kappa shape index (κ1) is 24.1.